The Kier molecular flexibility index (Phi) is 5.64. The van der Waals surface area contributed by atoms with E-state index in [0.29, 0.717) is 41.0 Å². The summed E-state index contributed by atoms with van der Waals surface area (Å²) in [4.78, 5) is 26.5. The number of aliphatic carboxylic acids is 1. The van der Waals surface area contributed by atoms with Crippen LogP contribution in [0.1, 0.15) is 32.9 Å². The summed E-state index contributed by atoms with van der Waals surface area (Å²) in [6.45, 7) is 2.06. The molecular formula is C24H24N2O5S. The first kappa shape index (κ1) is 21.8. The first-order valence-electron chi connectivity index (χ1n) is 10.3. The van der Waals surface area contributed by atoms with Gasteiger partial charge in [-0.3, -0.25) is 9.59 Å². The highest BCUT2D eigenvalue weighted by molar-refractivity contribution is 7.91. The molecule has 3 aromatic rings. The van der Waals surface area contributed by atoms with E-state index in [9.17, 15) is 23.1 Å². The number of hydrogen-bond acceptors (Lipinski definition) is 4. The zero-order valence-electron chi connectivity index (χ0n) is 17.9. The largest absolute Gasteiger partial charge is 0.480 e. The van der Waals surface area contributed by atoms with E-state index in [1.807, 2.05) is 0 Å². The SMILES string of the molecule is Cc1c(Cc2ccccc2S(=O)(=O)c2ccccc2)c2c(n1CC(=O)O)CCN(C)C2=O. The van der Waals surface area contributed by atoms with E-state index in [-0.39, 0.29) is 28.7 Å². The number of hydrogen-bond donors (Lipinski definition) is 1. The van der Waals surface area contributed by atoms with E-state index >= 15 is 0 Å². The molecule has 1 aliphatic rings. The van der Waals surface area contributed by atoms with Crippen molar-refractivity contribution in [3.05, 3.63) is 82.7 Å². The molecule has 1 N–H and O–H groups in total. The molecular weight excluding hydrogens is 428 g/mol. The second-order valence-corrected chi connectivity index (χ2v) is 9.86. The average molecular weight is 453 g/mol. The minimum Gasteiger partial charge on any atom is -0.480 e. The Morgan fingerprint density at radius 1 is 1.06 bits per heavy atom. The normalized spacial score (nSPS) is 13.8. The maximum atomic E-state index is 13.3. The highest BCUT2D eigenvalue weighted by Gasteiger charge is 2.32. The number of benzene rings is 2. The summed E-state index contributed by atoms with van der Waals surface area (Å²) in [7, 11) is -2.04. The van der Waals surface area contributed by atoms with Crippen LogP contribution in [-0.4, -0.2) is 48.5 Å². The monoisotopic (exact) mass is 452 g/mol. The first-order chi connectivity index (χ1) is 15.2. The fourth-order valence-electron chi connectivity index (χ4n) is 4.33. The molecule has 0 saturated carbocycles. The Morgan fingerprint density at radius 3 is 2.41 bits per heavy atom. The van der Waals surface area contributed by atoms with Gasteiger partial charge in [0.1, 0.15) is 6.54 Å². The van der Waals surface area contributed by atoms with Crippen molar-refractivity contribution in [1.82, 2.24) is 9.47 Å². The van der Waals surface area contributed by atoms with Crippen molar-refractivity contribution < 1.29 is 23.1 Å². The third kappa shape index (κ3) is 3.71. The van der Waals surface area contributed by atoms with Crippen LogP contribution in [0, 0.1) is 6.92 Å². The Labute approximate surface area is 186 Å². The lowest BCUT2D eigenvalue weighted by Crippen LogP contribution is -2.35. The van der Waals surface area contributed by atoms with Crippen molar-refractivity contribution in [2.75, 3.05) is 13.6 Å². The summed E-state index contributed by atoms with van der Waals surface area (Å²) in [6.07, 6.45) is 0.762. The molecule has 1 aliphatic heterocycles. The Balaban J connectivity index is 1.86. The van der Waals surface area contributed by atoms with Crippen LogP contribution in [0.25, 0.3) is 0 Å². The summed E-state index contributed by atoms with van der Waals surface area (Å²) >= 11 is 0. The predicted octanol–water partition coefficient (Wildman–Crippen LogP) is 2.93. The third-order valence-corrected chi connectivity index (χ3v) is 7.85. The number of rotatable bonds is 6. The molecule has 2 heterocycles. The molecule has 0 saturated heterocycles. The maximum Gasteiger partial charge on any atom is 0.323 e. The van der Waals surface area contributed by atoms with Crippen molar-refractivity contribution in [3.8, 4) is 0 Å². The molecule has 32 heavy (non-hydrogen) atoms. The molecule has 0 fully saturated rings. The topological polar surface area (TPSA) is 96.7 Å². The van der Waals surface area contributed by atoms with Gasteiger partial charge in [0.05, 0.1) is 15.4 Å². The lowest BCUT2D eigenvalue weighted by atomic mass is 9.97. The van der Waals surface area contributed by atoms with Crippen LogP contribution in [0.3, 0.4) is 0 Å². The van der Waals surface area contributed by atoms with Gasteiger partial charge in [-0.15, -0.1) is 0 Å². The van der Waals surface area contributed by atoms with Gasteiger partial charge in [0.25, 0.3) is 5.91 Å². The Hall–Kier alpha value is -3.39. The van der Waals surface area contributed by atoms with E-state index < -0.39 is 15.8 Å². The number of nitrogens with zero attached hydrogens (tertiary/aromatic N) is 2. The van der Waals surface area contributed by atoms with Crippen molar-refractivity contribution in [2.45, 2.75) is 36.1 Å². The molecule has 0 atom stereocenters. The average Bonchev–Trinajstić information content (AvgIpc) is 3.03. The standard InChI is InChI=1S/C24H24N2O5S/c1-16-19(23-20(26(16)15-22(27)28)12-13-25(2)24(23)29)14-17-8-6-7-11-21(17)32(30,31)18-9-4-3-5-10-18/h3-11H,12-15H2,1-2H3,(H,27,28). The van der Waals surface area contributed by atoms with Crippen molar-refractivity contribution >= 4 is 21.7 Å². The predicted molar refractivity (Wildman–Crippen MR) is 119 cm³/mol. The molecule has 4 rings (SSSR count). The van der Waals surface area contributed by atoms with Crippen molar-refractivity contribution in [1.29, 1.82) is 0 Å². The number of aromatic nitrogens is 1. The van der Waals surface area contributed by atoms with Crippen LogP contribution in [0.2, 0.25) is 0 Å². The van der Waals surface area contributed by atoms with Gasteiger partial charge in [0.15, 0.2) is 0 Å². The fourth-order valence-corrected chi connectivity index (χ4v) is 5.84. The van der Waals surface area contributed by atoms with Gasteiger partial charge < -0.3 is 14.6 Å². The quantitative estimate of drug-likeness (QED) is 0.620. The summed E-state index contributed by atoms with van der Waals surface area (Å²) < 4.78 is 28.3. The molecule has 0 unspecified atom stereocenters. The molecule has 166 valence electrons. The number of carboxylic acids is 1. The van der Waals surface area contributed by atoms with Crippen LogP contribution in [0.5, 0.6) is 0 Å². The number of likely N-dealkylation sites (N-methyl/N-ethyl adjacent to an activating group) is 1. The summed E-state index contributed by atoms with van der Waals surface area (Å²) in [6, 6.07) is 15.0. The molecule has 1 amide bonds. The zero-order valence-corrected chi connectivity index (χ0v) is 18.7. The van der Waals surface area contributed by atoms with E-state index in [1.54, 1.807) is 78.0 Å². The molecule has 0 spiro atoms. The number of carboxylic acid groups (broad SMARTS) is 1. The van der Waals surface area contributed by atoms with Crippen LogP contribution in [0.4, 0.5) is 0 Å². The van der Waals surface area contributed by atoms with Gasteiger partial charge >= 0.3 is 5.97 Å². The van der Waals surface area contributed by atoms with E-state index in [4.69, 9.17) is 0 Å². The number of sulfone groups is 1. The Morgan fingerprint density at radius 2 is 1.72 bits per heavy atom. The molecule has 2 aromatic carbocycles. The van der Waals surface area contributed by atoms with Gasteiger partial charge in [-0.2, -0.15) is 0 Å². The second kappa shape index (κ2) is 8.27. The Bertz CT molecular complexity index is 1310. The zero-order chi connectivity index (χ0) is 23.0. The summed E-state index contributed by atoms with van der Waals surface area (Å²) in [5.41, 5.74) is 3.10. The maximum absolute atomic E-state index is 13.3. The smallest absolute Gasteiger partial charge is 0.323 e. The fraction of sp³-hybridized carbons (Fsp3) is 0.250. The number of carbonyl (C=O) groups is 2. The highest BCUT2D eigenvalue weighted by Crippen LogP contribution is 2.32. The second-order valence-electron chi connectivity index (χ2n) is 7.94. The van der Waals surface area contributed by atoms with Gasteiger partial charge in [0, 0.05) is 37.8 Å². The van der Waals surface area contributed by atoms with Crippen LogP contribution < -0.4 is 0 Å². The van der Waals surface area contributed by atoms with E-state index in [2.05, 4.69) is 0 Å². The molecule has 0 bridgehead atoms. The molecule has 0 radical (unpaired) electrons. The summed E-state index contributed by atoms with van der Waals surface area (Å²) in [5, 5.41) is 9.39. The van der Waals surface area contributed by atoms with Crippen LogP contribution in [0.15, 0.2) is 64.4 Å². The van der Waals surface area contributed by atoms with Crippen molar-refractivity contribution in [3.63, 3.8) is 0 Å². The van der Waals surface area contributed by atoms with Gasteiger partial charge in [-0.25, -0.2) is 8.42 Å². The van der Waals surface area contributed by atoms with Crippen LogP contribution in [-0.2, 0) is 34.0 Å². The molecule has 7 nitrogen and oxygen atoms in total. The number of carbonyl (C=O) groups excluding carboxylic acids is 1. The van der Waals surface area contributed by atoms with Gasteiger partial charge in [0.2, 0.25) is 9.84 Å². The lowest BCUT2D eigenvalue weighted by molar-refractivity contribution is -0.137. The third-order valence-electron chi connectivity index (χ3n) is 5.98. The van der Waals surface area contributed by atoms with E-state index in [1.165, 1.54) is 0 Å². The van der Waals surface area contributed by atoms with E-state index in [0.717, 1.165) is 0 Å². The van der Waals surface area contributed by atoms with Gasteiger partial charge in [-0.05, 0) is 36.2 Å². The minimum atomic E-state index is -3.76. The first-order valence-corrected chi connectivity index (χ1v) is 11.8. The molecule has 0 aliphatic carbocycles. The lowest BCUT2D eigenvalue weighted by Gasteiger charge is -2.24. The minimum absolute atomic E-state index is 0.170. The number of amides is 1. The molecule has 1 aromatic heterocycles. The van der Waals surface area contributed by atoms with Crippen molar-refractivity contribution in [2.24, 2.45) is 0 Å². The molecule has 8 heteroatoms. The summed E-state index contributed by atoms with van der Waals surface area (Å²) in [5.74, 6) is -1.16. The van der Waals surface area contributed by atoms with Crippen LogP contribution >= 0.6 is 0 Å². The van der Waals surface area contributed by atoms with Gasteiger partial charge in [-0.1, -0.05) is 36.4 Å². The number of fused-ring (bicyclic) bond motifs is 1. The highest BCUT2D eigenvalue weighted by atomic mass is 32.2.